The Kier molecular flexibility index (Phi) is 7.50. The highest BCUT2D eigenvalue weighted by molar-refractivity contribution is 5.40. The summed E-state index contributed by atoms with van der Waals surface area (Å²) in [5, 5.41) is 0. The summed E-state index contributed by atoms with van der Waals surface area (Å²) in [5.41, 5.74) is 1.97. The molecule has 1 saturated carbocycles. The van der Waals surface area contributed by atoms with Crippen molar-refractivity contribution in [2.75, 3.05) is 0 Å². The van der Waals surface area contributed by atoms with Crippen LogP contribution >= 0.6 is 0 Å². The smallest absolute Gasteiger partial charge is 0.205 e. The number of allylic oxidation sites excluding steroid dienone is 2. The van der Waals surface area contributed by atoms with E-state index in [4.69, 9.17) is 0 Å². The van der Waals surface area contributed by atoms with E-state index in [1.807, 2.05) is 24.3 Å². The number of benzene rings is 1. The molecule has 1 aliphatic rings. The average molecular weight is 330 g/mol. The highest BCUT2D eigenvalue weighted by atomic mass is 19.2. The zero-order valence-electron chi connectivity index (χ0n) is 14.9. The van der Waals surface area contributed by atoms with Crippen molar-refractivity contribution in [1.82, 2.24) is 0 Å². The van der Waals surface area contributed by atoms with Gasteiger partial charge < -0.3 is 0 Å². The van der Waals surface area contributed by atoms with Gasteiger partial charge in [0.25, 0.3) is 0 Å². The van der Waals surface area contributed by atoms with Gasteiger partial charge in [-0.1, -0.05) is 51.2 Å². The van der Waals surface area contributed by atoms with Crippen LogP contribution in [0.3, 0.4) is 0 Å². The summed E-state index contributed by atoms with van der Waals surface area (Å²) in [6, 6.07) is 7.75. The lowest BCUT2D eigenvalue weighted by molar-refractivity contribution is 0.257. The summed E-state index contributed by atoms with van der Waals surface area (Å²) in [5.74, 6) is 4.00. The van der Waals surface area contributed by atoms with E-state index in [1.54, 1.807) is 0 Å². The van der Waals surface area contributed by atoms with Crippen molar-refractivity contribution < 1.29 is 8.78 Å². The normalized spacial score (nSPS) is 21.7. The Morgan fingerprint density at radius 3 is 2.25 bits per heavy atom. The third-order valence-corrected chi connectivity index (χ3v) is 4.92. The molecule has 0 spiro atoms. The van der Waals surface area contributed by atoms with Crippen molar-refractivity contribution in [1.29, 1.82) is 0 Å². The molecule has 0 radical (unpaired) electrons. The molecule has 0 unspecified atom stereocenters. The molecule has 0 bridgehead atoms. The first-order valence-corrected chi connectivity index (χ1v) is 9.30. The monoisotopic (exact) mass is 330 g/mol. The lowest BCUT2D eigenvalue weighted by Crippen LogP contribution is -2.15. The van der Waals surface area contributed by atoms with E-state index in [0.717, 1.165) is 44.1 Å². The fourth-order valence-corrected chi connectivity index (χ4v) is 3.52. The van der Waals surface area contributed by atoms with E-state index >= 15 is 0 Å². The zero-order chi connectivity index (χ0) is 17.4. The number of aryl methyl sites for hydroxylation is 1. The predicted molar refractivity (Wildman–Crippen MR) is 96.9 cm³/mol. The molecule has 24 heavy (non-hydrogen) atoms. The Labute approximate surface area is 145 Å². The third kappa shape index (κ3) is 5.48. The molecule has 0 aromatic heterocycles. The average Bonchev–Trinajstić information content (AvgIpc) is 2.61. The molecule has 1 aromatic rings. The second-order valence-electron chi connectivity index (χ2n) is 6.87. The van der Waals surface area contributed by atoms with Gasteiger partial charge in [0.2, 0.25) is 5.83 Å². The molecule has 130 valence electrons. The summed E-state index contributed by atoms with van der Waals surface area (Å²) in [4.78, 5) is 0. The van der Waals surface area contributed by atoms with Gasteiger partial charge in [-0.05, 0) is 61.6 Å². The molecule has 0 N–H and O–H groups in total. The molecule has 1 aliphatic carbocycles. The molecular formula is C22H28F2. The number of rotatable bonds is 5. The largest absolute Gasteiger partial charge is 0.208 e. The topological polar surface area (TPSA) is 0 Å². The van der Waals surface area contributed by atoms with Crippen LogP contribution in [-0.2, 0) is 6.42 Å². The highest BCUT2D eigenvalue weighted by Gasteiger charge is 2.25. The molecule has 0 saturated heterocycles. The third-order valence-electron chi connectivity index (χ3n) is 4.92. The molecule has 1 fully saturated rings. The Morgan fingerprint density at radius 2 is 1.67 bits per heavy atom. The standard InChI is InChI=1S/C22H28F2/c1-3-5-17-7-9-19(10-8-17)13-16-21(23)22(24)20-14-11-18(6-4-2)12-15-20/h7-10,18,20H,3-6,11-12,14-15H2,1-2H3/b22-21+. The maximum Gasteiger partial charge on any atom is 0.205 e. The van der Waals surface area contributed by atoms with Crippen molar-refractivity contribution in [2.24, 2.45) is 11.8 Å². The minimum atomic E-state index is -0.883. The summed E-state index contributed by atoms with van der Waals surface area (Å²) in [7, 11) is 0. The van der Waals surface area contributed by atoms with Gasteiger partial charge in [0, 0.05) is 11.5 Å². The zero-order valence-corrected chi connectivity index (χ0v) is 14.9. The van der Waals surface area contributed by atoms with Crippen molar-refractivity contribution in [3.8, 4) is 11.8 Å². The van der Waals surface area contributed by atoms with Gasteiger partial charge in [0.15, 0.2) is 0 Å². The number of halogens is 2. The Morgan fingerprint density at radius 1 is 1.00 bits per heavy atom. The van der Waals surface area contributed by atoms with Gasteiger partial charge in [0.1, 0.15) is 5.83 Å². The van der Waals surface area contributed by atoms with Crippen LogP contribution in [0.25, 0.3) is 0 Å². The van der Waals surface area contributed by atoms with Crippen molar-refractivity contribution in [3.05, 3.63) is 47.0 Å². The molecule has 0 amide bonds. The van der Waals surface area contributed by atoms with Crippen molar-refractivity contribution in [3.63, 3.8) is 0 Å². The van der Waals surface area contributed by atoms with E-state index in [2.05, 4.69) is 25.7 Å². The maximum atomic E-state index is 14.3. The van der Waals surface area contributed by atoms with Gasteiger partial charge >= 0.3 is 0 Å². The maximum absolute atomic E-state index is 14.3. The quantitative estimate of drug-likeness (QED) is 0.524. The van der Waals surface area contributed by atoms with Crippen LogP contribution in [0.15, 0.2) is 35.9 Å². The number of hydrogen-bond donors (Lipinski definition) is 0. The van der Waals surface area contributed by atoms with Gasteiger partial charge in [-0.25, -0.2) is 4.39 Å². The second kappa shape index (κ2) is 9.62. The fourth-order valence-electron chi connectivity index (χ4n) is 3.52. The summed E-state index contributed by atoms with van der Waals surface area (Å²) >= 11 is 0. The van der Waals surface area contributed by atoms with Crippen LogP contribution in [0.4, 0.5) is 8.78 Å². The van der Waals surface area contributed by atoms with E-state index in [1.165, 1.54) is 18.4 Å². The summed E-state index contributed by atoms with van der Waals surface area (Å²) in [6.07, 6.45) is 8.00. The SMILES string of the molecule is CCCc1ccc(C#C/C(F)=C(\F)C2CCC(CCC)CC2)cc1. The van der Waals surface area contributed by atoms with Crippen LogP contribution in [0.2, 0.25) is 0 Å². The Hall–Kier alpha value is -1.62. The van der Waals surface area contributed by atoms with Gasteiger partial charge in [-0.15, -0.1) is 0 Å². The molecule has 0 nitrogen and oxygen atoms in total. The lowest BCUT2D eigenvalue weighted by Gasteiger charge is -2.27. The van der Waals surface area contributed by atoms with Crippen LogP contribution in [0, 0.1) is 23.7 Å². The molecule has 0 atom stereocenters. The van der Waals surface area contributed by atoms with E-state index in [-0.39, 0.29) is 5.92 Å². The van der Waals surface area contributed by atoms with Crippen LogP contribution in [-0.4, -0.2) is 0 Å². The summed E-state index contributed by atoms with van der Waals surface area (Å²) in [6.45, 7) is 4.31. The molecule has 2 heteroatoms. The molecule has 0 aliphatic heterocycles. The second-order valence-corrected chi connectivity index (χ2v) is 6.87. The van der Waals surface area contributed by atoms with Crippen LogP contribution < -0.4 is 0 Å². The predicted octanol–water partition coefficient (Wildman–Crippen LogP) is 6.75. The fraction of sp³-hybridized carbons (Fsp3) is 0.545. The van der Waals surface area contributed by atoms with E-state index < -0.39 is 11.7 Å². The van der Waals surface area contributed by atoms with Gasteiger partial charge in [0.05, 0.1) is 0 Å². The Bertz CT molecular complexity index is 593. The highest BCUT2D eigenvalue weighted by Crippen LogP contribution is 2.36. The first-order valence-electron chi connectivity index (χ1n) is 9.30. The summed E-state index contributed by atoms with van der Waals surface area (Å²) < 4.78 is 28.3. The number of hydrogen-bond acceptors (Lipinski definition) is 0. The molecule has 1 aromatic carbocycles. The lowest BCUT2D eigenvalue weighted by atomic mass is 9.79. The first kappa shape index (κ1) is 18.7. The van der Waals surface area contributed by atoms with Gasteiger partial charge in [-0.2, -0.15) is 4.39 Å². The first-order chi connectivity index (χ1) is 11.6. The Balaban J connectivity index is 1.97. The van der Waals surface area contributed by atoms with Crippen molar-refractivity contribution >= 4 is 0 Å². The minimum absolute atomic E-state index is 0.278. The molecule has 2 rings (SSSR count). The van der Waals surface area contributed by atoms with E-state index in [0.29, 0.717) is 5.92 Å². The minimum Gasteiger partial charge on any atom is -0.208 e. The van der Waals surface area contributed by atoms with Crippen LogP contribution in [0.1, 0.15) is 69.9 Å². The molecular weight excluding hydrogens is 302 g/mol. The molecule has 0 heterocycles. The van der Waals surface area contributed by atoms with Gasteiger partial charge in [-0.3, -0.25) is 0 Å². The van der Waals surface area contributed by atoms with Crippen molar-refractivity contribution in [2.45, 2.75) is 65.2 Å². The van der Waals surface area contributed by atoms with E-state index in [9.17, 15) is 8.78 Å². The van der Waals surface area contributed by atoms with Crippen LogP contribution in [0.5, 0.6) is 0 Å².